The molecule has 0 fully saturated rings. The monoisotopic (exact) mass is 347 g/mol. The minimum Gasteiger partial charge on any atom is -0.491 e. The Labute approximate surface area is 133 Å². The second kappa shape index (κ2) is 7.27. The Hall–Kier alpha value is -1.81. The van der Waals surface area contributed by atoms with Gasteiger partial charge < -0.3 is 10.1 Å². The molecule has 1 N–H and O–H groups in total. The van der Waals surface area contributed by atoms with E-state index in [2.05, 4.69) is 27.3 Å². The van der Waals surface area contributed by atoms with E-state index in [4.69, 9.17) is 4.74 Å². The number of carbonyl (C=O) groups is 1. The molecule has 4 heteroatoms. The smallest absolute Gasteiger partial charge is 0.252 e. The van der Waals surface area contributed by atoms with Crippen molar-refractivity contribution in [2.75, 3.05) is 13.2 Å². The summed E-state index contributed by atoms with van der Waals surface area (Å²) in [6.45, 7) is 4.95. The van der Waals surface area contributed by atoms with Gasteiger partial charge in [-0.15, -0.1) is 0 Å². The van der Waals surface area contributed by atoms with Crippen molar-refractivity contribution in [1.29, 1.82) is 0 Å². The van der Waals surface area contributed by atoms with E-state index in [0.29, 0.717) is 18.7 Å². The highest BCUT2D eigenvalue weighted by Gasteiger charge is 2.08. The number of carbonyl (C=O) groups excluding carboxylic acids is 1. The molecule has 0 aliphatic carbocycles. The van der Waals surface area contributed by atoms with Gasteiger partial charge in [0.15, 0.2) is 0 Å². The van der Waals surface area contributed by atoms with Gasteiger partial charge in [-0.05, 0) is 59.1 Å². The first-order valence-corrected chi connectivity index (χ1v) is 7.60. The van der Waals surface area contributed by atoms with Gasteiger partial charge in [-0.2, -0.15) is 0 Å². The standard InChI is InChI=1S/C17H18BrNO2/c1-12-7-8-13(2)16(11-12)21-10-9-19-17(20)14-5-3-4-6-15(14)18/h3-8,11H,9-10H2,1-2H3,(H,19,20). The van der Waals surface area contributed by atoms with Crippen molar-refractivity contribution in [1.82, 2.24) is 5.32 Å². The van der Waals surface area contributed by atoms with Gasteiger partial charge in [0.05, 0.1) is 12.1 Å². The molecule has 0 heterocycles. The number of amides is 1. The molecule has 2 rings (SSSR count). The predicted molar refractivity (Wildman–Crippen MR) is 87.9 cm³/mol. The zero-order chi connectivity index (χ0) is 15.2. The molecule has 3 nitrogen and oxygen atoms in total. The lowest BCUT2D eigenvalue weighted by Gasteiger charge is -2.11. The van der Waals surface area contributed by atoms with Crippen molar-refractivity contribution in [3.63, 3.8) is 0 Å². The largest absolute Gasteiger partial charge is 0.491 e. The van der Waals surface area contributed by atoms with E-state index in [9.17, 15) is 4.79 Å². The van der Waals surface area contributed by atoms with Crippen LogP contribution in [0.5, 0.6) is 5.75 Å². The fraction of sp³-hybridized carbons (Fsp3) is 0.235. The van der Waals surface area contributed by atoms with Gasteiger partial charge in [0.25, 0.3) is 5.91 Å². The first kappa shape index (κ1) is 15.6. The van der Waals surface area contributed by atoms with Crippen molar-refractivity contribution < 1.29 is 9.53 Å². The van der Waals surface area contributed by atoms with Crippen LogP contribution in [0.2, 0.25) is 0 Å². The molecule has 0 spiro atoms. The normalized spacial score (nSPS) is 10.2. The average molecular weight is 348 g/mol. The van der Waals surface area contributed by atoms with E-state index in [1.165, 1.54) is 0 Å². The Morgan fingerprint density at radius 2 is 1.95 bits per heavy atom. The highest BCUT2D eigenvalue weighted by Crippen LogP contribution is 2.19. The van der Waals surface area contributed by atoms with Crippen molar-refractivity contribution >= 4 is 21.8 Å². The van der Waals surface area contributed by atoms with Gasteiger partial charge in [-0.1, -0.05) is 24.3 Å². The maximum atomic E-state index is 12.0. The van der Waals surface area contributed by atoms with Crippen LogP contribution in [0.15, 0.2) is 46.9 Å². The second-order valence-corrected chi connectivity index (χ2v) is 5.71. The molecule has 0 aliphatic rings. The predicted octanol–water partition coefficient (Wildman–Crippen LogP) is 3.87. The highest BCUT2D eigenvalue weighted by atomic mass is 79.9. The molecule has 2 aromatic rings. The van der Waals surface area contributed by atoms with Crippen LogP contribution in [-0.4, -0.2) is 19.1 Å². The molecule has 0 aromatic heterocycles. The summed E-state index contributed by atoms with van der Waals surface area (Å²) in [5.74, 6) is 0.761. The molecule has 0 unspecified atom stereocenters. The molecule has 0 radical (unpaired) electrons. The molecular formula is C17H18BrNO2. The number of ether oxygens (including phenoxy) is 1. The van der Waals surface area contributed by atoms with E-state index in [0.717, 1.165) is 21.3 Å². The van der Waals surface area contributed by atoms with Gasteiger partial charge in [-0.25, -0.2) is 0 Å². The number of aryl methyl sites for hydroxylation is 2. The number of benzene rings is 2. The third kappa shape index (κ3) is 4.33. The number of rotatable bonds is 5. The van der Waals surface area contributed by atoms with Crippen LogP contribution in [0.25, 0.3) is 0 Å². The molecule has 0 aliphatic heterocycles. The Morgan fingerprint density at radius 3 is 2.71 bits per heavy atom. The molecule has 0 saturated heterocycles. The van der Waals surface area contributed by atoms with Crippen molar-refractivity contribution in [2.24, 2.45) is 0 Å². The Balaban J connectivity index is 1.84. The summed E-state index contributed by atoms with van der Waals surface area (Å²) >= 11 is 3.37. The Kier molecular flexibility index (Phi) is 5.39. The third-order valence-corrected chi connectivity index (χ3v) is 3.80. The summed E-state index contributed by atoms with van der Waals surface area (Å²) in [5.41, 5.74) is 2.88. The lowest BCUT2D eigenvalue weighted by Crippen LogP contribution is -2.28. The minimum atomic E-state index is -0.105. The Morgan fingerprint density at radius 1 is 1.19 bits per heavy atom. The van der Waals surface area contributed by atoms with Crippen molar-refractivity contribution in [3.8, 4) is 5.75 Å². The maximum Gasteiger partial charge on any atom is 0.252 e. The summed E-state index contributed by atoms with van der Waals surface area (Å²) in [6.07, 6.45) is 0. The molecule has 1 amide bonds. The fourth-order valence-electron chi connectivity index (χ4n) is 1.93. The summed E-state index contributed by atoms with van der Waals surface area (Å²) < 4.78 is 6.50. The number of nitrogens with one attached hydrogen (secondary N) is 1. The summed E-state index contributed by atoms with van der Waals surface area (Å²) in [6, 6.07) is 13.4. The van der Waals surface area contributed by atoms with E-state index in [1.54, 1.807) is 6.07 Å². The quantitative estimate of drug-likeness (QED) is 0.833. The summed E-state index contributed by atoms with van der Waals surface area (Å²) in [7, 11) is 0. The van der Waals surface area contributed by atoms with Crippen LogP contribution in [0.4, 0.5) is 0 Å². The van der Waals surface area contributed by atoms with Gasteiger partial charge in [0.2, 0.25) is 0 Å². The molecule has 110 valence electrons. The van der Waals surface area contributed by atoms with Crippen LogP contribution in [0.1, 0.15) is 21.5 Å². The van der Waals surface area contributed by atoms with E-state index in [-0.39, 0.29) is 5.91 Å². The fourth-order valence-corrected chi connectivity index (χ4v) is 2.39. The highest BCUT2D eigenvalue weighted by molar-refractivity contribution is 9.10. The summed E-state index contributed by atoms with van der Waals surface area (Å²) in [4.78, 5) is 12.0. The van der Waals surface area contributed by atoms with Crippen LogP contribution in [0, 0.1) is 13.8 Å². The van der Waals surface area contributed by atoms with Gasteiger partial charge >= 0.3 is 0 Å². The first-order chi connectivity index (χ1) is 10.1. The van der Waals surface area contributed by atoms with Gasteiger partial charge in [0.1, 0.15) is 12.4 Å². The van der Waals surface area contributed by atoms with Crippen LogP contribution in [0.3, 0.4) is 0 Å². The van der Waals surface area contributed by atoms with Gasteiger partial charge in [0, 0.05) is 4.47 Å². The first-order valence-electron chi connectivity index (χ1n) is 6.80. The number of halogens is 1. The van der Waals surface area contributed by atoms with Crippen molar-refractivity contribution in [2.45, 2.75) is 13.8 Å². The van der Waals surface area contributed by atoms with E-state index >= 15 is 0 Å². The molecular weight excluding hydrogens is 330 g/mol. The molecule has 0 saturated carbocycles. The van der Waals surface area contributed by atoms with Crippen LogP contribution in [-0.2, 0) is 0 Å². The molecule has 0 bridgehead atoms. The Bertz CT molecular complexity index is 640. The minimum absolute atomic E-state index is 0.105. The van der Waals surface area contributed by atoms with Crippen molar-refractivity contribution in [3.05, 3.63) is 63.6 Å². The lowest BCUT2D eigenvalue weighted by atomic mass is 10.1. The van der Waals surface area contributed by atoms with Crippen LogP contribution < -0.4 is 10.1 Å². The summed E-state index contributed by atoms with van der Waals surface area (Å²) in [5, 5.41) is 2.85. The van der Waals surface area contributed by atoms with Crippen LogP contribution >= 0.6 is 15.9 Å². The molecule has 2 aromatic carbocycles. The number of hydrogen-bond donors (Lipinski definition) is 1. The van der Waals surface area contributed by atoms with Gasteiger partial charge in [-0.3, -0.25) is 4.79 Å². The SMILES string of the molecule is Cc1ccc(C)c(OCCNC(=O)c2ccccc2Br)c1. The lowest BCUT2D eigenvalue weighted by molar-refractivity contribution is 0.0946. The topological polar surface area (TPSA) is 38.3 Å². The zero-order valence-electron chi connectivity index (χ0n) is 12.2. The second-order valence-electron chi connectivity index (χ2n) is 4.85. The molecule has 21 heavy (non-hydrogen) atoms. The van der Waals surface area contributed by atoms with E-state index < -0.39 is 0 Å². The zero-order valence-corrected chi connectivity index (χ0v) is 13.7. The molecule has 0 atom stereocenters. The maximum absolute atomic E-state index is 12.0. The average Bonchev–Trinajstić information content (AvgIpc) is 2.47. The third-order valence-electron chi connectivity index (χ3n) is 3.11. The van der Waals surface area contributed by atoms with E-state index in [1.807, 2.05) is 44.2 Å². The number of hydrogen-bond acceptors (Lipinski definition) is 2.